The van der Waals surface area contributed by atoms with E-state index < -0.39 is 24.1 Å². The summed E-state index contributed by atoms with van der Waals surface area (Å²) in [6, 6.07) is 2.06. The number of carbonyl (C=O) groups is 1. The molecule has 0 aliphatic rings. The number of phenols is 1. The van der Waals surface area contributed by atoms with Crippen LogP contribution in [0.2, 0.25) is 0 Å². The normalized spacial score (nSPS) is 9.77. The summed E-state index contributed by atoms with van der Waals surface area (Å²) in [5, 5.41) is 26.2. The van der Waals surface area contributed by atoms with Crippen LogP contribution in [0.1, 0.15) is 10.4 Å². The van der Waals surface area contributed by atoms with Crippen LogP contribution in [-0.2, 0) is 0 Å². The zero-order chi connectivity index (χ0) is 10.0. The first-order valence-electron chi connectivity index (χ1n) is 3.40. The summed E-state index contributed by atoms with van der Waals surface area (Å²) in [5.41, 5.74) is -0.819. The summed E-state index contributed by atoms with van der Waals surface area (Å²) < 4.78 is 13.0. The van der Waals surface area contributed by atoms with Crippen LogP contribution in [0.4, 0.5) is 4.39 Å². The monoisotopic (exact) mass is 184 g/mol. The first-order chi connectivity index (χ1) is 6.07. The number of aldehydes is 1. The maximum Gasteiger partial charge on any atom is 0.492 e. The molecule has 3 N–H and O–H groups in total. The molecular formula is C7H6BFO4. The van der Waals surface area contributed by atoms with Crippen molar-refractivity contribution in [1.29, 1.82) is 0 Å². The van der Waals surface area contributed by atoms with Crippen molar-refractivity contribution < 1.29 is 24.3 Å². The lowest BCUT2D eigenvalue weighted by Gasteiger charge is -2.05. The van der Waals surface area contributed by atoms with Gasteiger partial charge in [-0.1, -0.05) is 0 Å². The molecule has 0 spiro atoms. The van der Waals surface area contributed by atoms with Crippen molar-refractivity contribution in [3.63, 3.8) is 0 Å². The van der Waals surface area contributed by atoms with Gasteiger partial charge in [0, 0.05) is 11.0 Å². The molecule has 0 heterocycles. The highest BCUT2D eigenvalue weighted by Crippen LogP contribution is 2.13. The largest absolute Gasteiger partial charge is 0.505 e. The molecule has 0 saturated heterocycles. The molecule has 0 bridgehead atoms. The lowest BCUT2D eigenvalue weighted by Crippen LogP contribution is -2.35. The zero-order valence-corrected chi connectivity index (χ0v) is 6.44. The molecule has 0 aliphatic carbocycles. The maximum atomic E-state index is 13.0. The van der Waals surface area contributed by atoms with E-state index in [4.69, 9.17) is 15.2 Å². The molecule has 6 heteroatoms. The van der Waals surface area contributed by atoms with Crippen LogP contribution < -0.4 is 5.46 Å². The van der Waals surface area contributed by atoms with Crippen molar-refractivity contribution in [1.82, 2.24) is 0 Å². The van der Waals surface area contributed by atoms with Crippen LogP contribution in [0.15, 0.2) is 12.1 Å². The van der Waals surface area contributed by atoms with E-state index in [0.717, 1.165) is 12.1 Å². The fourth-order valence-electron chi connectivity index (χ4n) is 0.962. The average molecular weight is 184 g/mol. The van der Waals surface area contributed by atoms with E-state index >= 15 is 0 Å². The molecule has 0 amide bonds. The molecule has 13 heavy (non-hydrogen) atoms. The molecule has 0 saturated carbocycles. The van der Waals surface area contributed by atoms with Crippen molar-refractivity contribution in [3.05, 3.63) is 23.5 Å². The lowest BCUT2D eigenvalue weighted by molar-refractivity contribution is 0.112. The first-order valence-corrected chi connectivity index (χ1v) is 3.40. The third-order valence-electron chi connectivity index (χ3n) is 1.58. The Labute approximate surface area is 73.4 Å². The number of aromatic hydroxyl groups is 1. The third kappa shape index (κ3) is 1.68. The number of hydrogen-bond donors (Lipinski definition) is 3. The topological polar surface area (TPSA) is 77.8 Å². The summed E-state index contributed by atoms with van der Waals surface area (Å²) in [6.07, 6.45) is 0.275. The second-order valence-corrected chi connectivity index (χ2v) is 2.39. The highest BCUT2D eigenvalue weighted by molar-refractivity contribution is 6.60. The summed E-state index contributed by atoms with van der Waals surface area (Å²) in [5.74, 6) is -1.92. The lowest BCUT2D eigenvalue weighted by atomic mass is 9.76. The molecule has 0 aromatic heterocycles. The van der Waals surface area contributed by atoms with Gasteiger partial charge in [-0.15, -0.1) is 0 Å². The molecule has 1 aromatic rings. The molecule has 1 aromatic carbocycles. The molecule has 68 valence electrons. The Morgan fingerprint density at radius 2 is 2.00 bits per heavy atom. The molecule has 0 fully saturated rings. The van der Waals surface area contributed by atoms with Gasteiger partial charge in [0.2, 0.25) is 0 Å². The van der Waals surface area contributed by atoms with Gasteiger partial charge in [-0.3, -0.25) is 4.79 Å². The summed E-state index contributed by atoms with van der Waals surface area (Å²) in [7, 11) is -2.12. The fraction of sp³-hybridized carbons (Fsp3) is 0. The molecule has 0 atom stereocenters. The van der Waals surface area contributed by atoms with Gasteiger partial charge in [0.05, 0.1) is 0 Å². The van der Waals surface area contributed by atoms with Crippen molar-refractivity contribution in [3.8, 4) is 5.75 Å². The minimum atomic E-state index is -2.12. The van der Waals surface area contributed by atoms with Gasteiger partial charge in [-0.05, 0) is 12.1 Å². The summed E-state index contributed by atoms with van der Waals surface area (Å²) >= 11 is 0. The Morgan fingerprint density at radius 1 is 1.38 bits per heavy atom. The Hall–Kier alpha value is -1.40. The second kappa shape index (κ2) is 3.55. The van der Waals surface area contributed by atoms with E-state index in [2.05, 4.69) is 0 Å². The van der Waals surface area contributed by atoms with Gasteiger partial charge in [-0.25, -0.2) is 4.39 Å². The minimum absolute atomic E-state index is 0.203. The SMILES string of the molecule is O=Cc1ccc(O)c(F)c1B(O)O. The molecular weight excluding hydrogens is 178 g/mol. The highest BCUT2D eigenvalue weighted by Gasteiger charge is 2.23. The number of phenolic OH excluding ortho intramolecular Hbond substituents is 1. The van der Waals surface area contributed by atoms with E-state index in [1.54, 1.807) is 0 Å². The van der Waals surface area contributed by atoms with E-state index in [-0.39, 0.29) is 11.8 Å². The van der Waals surface area contributed by atoms with Gasteiger partial charge >= 0.3 is 7.12 Å². The van der Waals surface area contributed by atoms with Crippen LogP contribution in [0, 0.1) is 5.82 Å². The fourth-order valence-corrected chi connectivity index (χ4v) is 0.962. The average Bonchev–Trinajstić information content (AvgIpc) is 2.08. The van der Waals surface area contributed by atoms with Crippen LogP contribution in [0.5, 0.6) is 5.75 Å². The second-order valence-electron chi connectivity index (χ2n) is 2.39. The predicted molar refractivity (Wildman–Crippen MR) is 43.3 cm³/mol. The summed E-state index contributed by atoms with van der Waals surface area (Å²) in [4.78, 5) is 10.3. The van der Waals surface area contributed by atoms with Gasteiger partial charge in [0.15, 0.2) is 11.6 Å². The Balaban J connectivity index is 3.41. The first kappa shape index (κ1) is 9.69. The quantitative estimate of drug-likeness (QED) is 0.407. The number of benzene rings is 1. The van der Waals surface area contributed by atoms with Crippen molar-refractivity contribution >= 4 is 18.9 Å². The van der Waals surface area contributed by atoms with E-state index in [9.17, 15) is 9.18 Å². The number of rotatable bonds is 2. The molecule has 0 aliphatic heterocycles. The van der Waals surface area contributed by atoms with Crippen LogP contribution in [-0.4, -0.2) is 28.6 Å². The predicted octanol–water partition coefficient (Wildman–Crippen LogP) is -0.976. The van der Waals surface area contributed by atoms with Crippen molar-refractivity contribution in [2.75, 3.05) is 0 Å². The van der Waals surface area contributed by atoms with Gasteiger partial charge < -0.3 is 15.2 Å². The Morgan fingerprint density at radius 3 is 2.46 bits per heavy atom. The van der Waals surface area contributed by atoms with E-state index in [1.165, 1.54) is 0 Å². The summed E-state index contributed by atoms with van der Waals surface area (Å²) in [6.45, 7) is 0. The number of halogens is 1. The maximum absolute atomic E-state index is 13.0. The number of hydrogen-bond acceptors (Lipinski definition) is 4. The molecule has 0 unspecified atom stereocenters. The smallest absolute Gasteiger partial charge is 0.492 e. The molecule has 1 rings (SSSR count). The van der Waals surface area contributed by atoms with Crippen LogP contribution in [0.25, 0.3) is 0 Å². The van der Waals surface area contributed by atoms with Crippen molar-refractivity contribution in [2.24, 2.45) is 0 Å². The molecule has 0 radical (unpaired) electrons. The van der Waals surface area contributed by atoms with Crippen LogP contribution >= 0.6 is 0 Å². The van der Waals surface area contributed by atoms with Crippen LogP contribution in [0.3, 0.4) is 0 Å². The van der Waals surface area contributed by atoms with Gasteiger partial charge in [-0.2, -0.15) is 0 Å². The Kier molecular flexibility index (Phi) is 2.65. The Bertz CT molecular complexity index is 340. The van der Waals surface area contributed by atoms with Gasteiger partial charge in [0.25, 0.3) is 0 Å². The zero-order valence-electron chi connectivity index (χ0n) is 6.44. The molecule has 4 nitrogen and oxygen atoms in total. The van der Waals surface area contributed by atoms with Crippen molar-refractivity contribution in [2.45, 2.75) is 0 Å². The van der Waals surface area contributed by atoms with E-state index in [1.807, 2.05) is 0 Å². The van der Waals surface area contributed by atoms with Gasteiger partial charge in [0.1, 0.15) is 6.29 Å². The third-order valence-corrected chi connectivity index (χ3v) is 1.58. The standard InChI is InChI=1S/C7H6BFO4/c9-7-5(11)2-1-4(3-10)6(7)8(12)13/h1-3,11-13H. The highest BCUT2D eigenvalue weighted by atomic mass is 19.1. The van der Waals surface area contributed by atoms with E-state index in [0.29, 0.717) is 0 Å². The number of carbonyl (C=O) groups excluding carboxylic acids is 1. The minimum Gasteiger partial charge on any atom is -0.505 e.